The van der Waals surface area contributed by atoms with E-state index in [2.05, 4.69) is 11.7 Å². The first-order valence-corrected chi connectivity index (χ1v) is 1.34. The summed E-state index contributed by atoms with van der Waals surface area (Å²) in [4.78, 5) is 0. The van der Waals surface area contributed by atoms with Gasteiger partial charge in [-0.15, -0.1) is 0 Å². The average Bonchev–Trinajstić information content (AvgIpc) is 1.75. The number of rotatable bonds is 0. The second kappa shape index (κ2) is 2.72. The molecule has 1 unspecified atom stereocenters. The standard InChI is InChI=1S/C3H5O.K/c1-3-2-4-3;/h3H,1-2H2;/q-1;+1. The Kier molecular flexibility index (Phi) is 3.58. The number of ether oxygens (including phenoxy) is 1. The quantitative estimate of drug-likeness (QED) is 0.181. The Morgan fingerprint density at radius 3 is 2.00 bits per heavy atom. The fourth-order valence-electron chi connectivity index (χ4n) is 0.0680. The Hall–Kier alpha value is 1.60. The zero-order chi connectivity index (χ0) is 2.99. The van der Waals surface area contributed by atoms with Crippen LogP contribution in [0.15, 0.2) is 0 Å². The van der Waals surface area contributed by atoms with Crippen molar-refractivity contribution in [2.75, 3.05) is 6.61 Å². The number of hydrogen-bond donors (Lipinski definition) is 0. The largest absolute Gasteiger partial charge is 1.00 e. The van der Waals surface area contributed by atoms with Crippen LogP contribution in [-0.4, -0.2) is 12.7 Å². The van der Waals surface area contributed by atoms with E-state index in [-0.39, 0.29) is 51.4 Å². The molecule has 1 fully saturated rings. The summed E-state index contributed by atoms with van der Waals surface area (Å²) in [6.07, 6.45) is 0.333. The summed E-state index contributed by atoms with van der Waals surface area (Å²) in [7, 11) is 0. The van der Waals surface area contributed by atoms with Crippen molar-refractivity contribution in [1.29, 1.82) is 0 Å². The summed E-state index contributed by atoms with van der Waals surface area (Å²) in [5.41, 5.74) is 0. The van der Waals surface area contributed by atoms with Crippen LogP contribution in [0, 0.1) is 6.92 Å². The van der Waals surface area contributed by atoms with Gasteiger partial charge >= 0.3 is 51.4 Å². The molecule has 0 amide bonds. The summed E-state index contributed by atoms with van der Waals surface area (Å²) in [6, 6.07) is 0. The molecule has 1 aliphatic heterocycles. The van der Waals surface area contributed by atoms with E-state index in [9.17, 15) is 0 Å². The Bertz CT molecular complexity index is 26.1. The van der Waals surface area contributed by atoms with Crippen LogP contribution in [0.2, 0.25) is 0 Å². The maximum Gasteiger partial charge on any atom is 1.00 e. The van der Waals surface area contributed by atoms with Crippen molar-refractivity contribution >= 4 is 0 Å². The van der Waals surface area contributed by atoms with Gasteiger partial charge in [0.25, 0.3) is 0 Å². The molecule has 0 N–H and O–H groups in total. The zero-order valence-corrected chi connectivity index (χ0v) is 6.52. The predicted molar refractivity (Wildman–Crippen MR) is 15.1 cm³/mol. The minimum absolute atomic E-state index is 0. The van der Waals surface area contributed by atoms with Crippen LogP contribution in [-0.2, 0) is 4.74 Å². The third-order valence-electron chi connectivity index (χ3n) is 0.402. The van der Waals surface area contributed by atoms with E-state index in [1.54, 1.807) is 0 Å². The molecule has 24 valence electrons. The van der Waals surface area contributed by atoms with Crippen molar-refractivity contribution in [2.45, 2.75) is 6.10 Å². The first-order chi connectivity index (χ1) is 1.89. The van der Waals surface area contributed by atoms with Crippen LogP contribution in [0.25, 0.3) is 0 Å². The van der Waals surface area contributed by atoms with Gasteiger partial charge in [-0.05, 0) is 6.10 Å². The van der Waals surface area contributed by atoms with E-state index < -0.39 is 0 Å². The van der Waals surface area contributed by atoms with Crippen molar-refractivity contribution < 1.29 is 56.1 Å². The second-order valence-corrected chi connectivity index (χ2v) is 0.955. The number of hydrogen-bond acceptors (Lipinski definition) is 1. The Balaban J connectivity index is 0.000000160. The summed E-state index contributed by atoms with van der Waals surface area (Å²) >= 11 is 0. The summed E-state index contributed by atoms with van der Waals surface area (Å²) < 4.78 is 4.60. The molecule has 1 nitrogen and oxygen atoms in total. The van der Waals surface area contributed by atoms with Gasteiger partial charge in [-0.2, -0.15) is 0 Å². The summed E-state index contributed by atoms with van der Waals surface area (Å²) in [5.74, 6) is 0. The van der Waals surface area contributed by atoms with Crippen LogP contribution >= 0.6 is 0 Å². The zero-order valence-electron chi connectivity index (χ0n) is 3.40. The molecule has 0 spiro atoms. The molecule has 0 bridgehead atoms. The fourth-order valence-corrected chi connectivity index (χ4v) is 0.0680. The first kappa shape index (κ1) is 6.60. The van der Waals surface area contributed by atoms with E-state index in [1.807, 2.05) is 0 Å². The average molecular weight is 96.2 g/mol. The fraction of sp³-hybridized carbons (Fsp3) is 0.667. The minimum atomic E-state index is 0. The van der Waals surface area contributed by atoms with Gasteiger partial charge in [0.15, 0.2) is 0 Å². The molecule has 1 atom stereocenters. The SMILES string of the molecule is [CH2-]C1CO1.[K+]. The molecule has 1 heterocycles. The van der Waals surface area contributed by atoms with Crippen molar-refractivity contribution in [3.8, 4) is 0 Å². The van der Waals surface area contributed by atoms with E-state index in [1.165, 1.54) is 0 Å². The topological polar surface area (TPSA) is 12.5 Å². The van der Waals surface area contributed by atoms with Gasteiger partial charge in [-0.1, -0.05) is 0 Å². The van der Waals surface area contributed by atoms with Gasteiger partial charge in [0.1, 0.15) is 0 Å². The van der Waals surface area contributed by atoms with E-state index >= 15 is 0 Å². The van der Waals surface area contributed by atoms with E-state index in [4.69, 9.17) is 0 Å². The molecule has 0 saturated carbocycles. The molecule has 0 aromatic heterocycles. The second-order valence-electron chi connectivity index (χ2n) is 0.955. The normalized spacial score (nSPS) is 31.8. The summed E-state index contributed by atoms with van der Waals surface area (Å²) in [6.45, 7) is 4.40. The van der Waals surface area contributed by atoms with Crippen molar-refractivity contribution in [2.24, 2.45) is 0 Å². The van der Waals surface area contributed by atoms with Crippen molar-refractivity contribution in [3.63, 3.8) is 0 Å². The Labute approximate surface area is 74.5 Å². The number of epoxide rings is 1. The van der Waals surface area contributed by atoms with Crippen LogP contribution in [0.4, 0.5) is 0 Å². The van der Waals surface area contributed by atoms with Gasteiger partial charge in [-0.25, -0.2) is 0 Å². The van der Waals surface area contributed by atoms with Gasteiger partial charge in [-0.3, -0.25) is 0 Å². The molecule has 1 rings (SSSR count). The maximum absolute atomic E-state index is 4.60. The van der Waals surface area contributed by atoms with E-state index in [0.29, 0.717) is 6.10 Å². The predicted octanol–water partition coefficient (Wildman–Crippen LogP) is -2.78. The van der Waals surface area contributed by atoms with Gasteiger partial charge < -0.3 is 11.7 Å². The Morgan fingerprint density at radius 2 is 2.00 bits per heavy atom. The third kappa shape index (κ3) is 3.43. The molecule has 0 radical (unpaired) electrons. The molecular formula is C3H5KO. The molecule has 1 aliphatic rings. The van der Waals surface area contributed by atoms with Gasteiger partial charge in [0.2, 0.25) is 0 Å². The smallest absolute Gasteiger partial charge is 0.408 e. The van der Waals surface area contributed by atoms with Crippen LogP contribution in [0.5, 0.6) is 0 Å². The minimum Gasteiger partial charge on any atom is -0.408 e. The summed E-state index contributed by atoms with van der Waals surface area (Å²) in [5, 5.41) is 0. The molecule has 2 heteroatoms. The molecular weight excluding hydrogens is 91.1 g/mol. The Morgan fingerprint density at radius 1 is 1.80 bits per heavy atom. The maximum atomic E-state index is 4.60. The third-order valence-corrected chi connectivity index (χ3v) is 0.402. The van der Waals surface area contributed by atoms with Crippen molar-refractivity contribution in [1.82, 2.24) is 0 Å². The molecule has 1 saturated heterocycles. The monoisotopic (exact) mass is 96.0 g/mol. The molecule has 5 heavy (non-hydrogen) atoms. The molecule has 0 aromatic rings. The molecule has 0 aromatic carbocycles. The van der Waals surface area contributed by atoms with Gasteiger partial charge in [0.05, 0.1) is 0 Å². The van der Waals surface area contributed by atoms with E-state index in [0.717, 1.165) is 6.61 Å². The van der Waals surface area contributed by atoms with Crippen LogP contribution < -0.4 is 51.4 Å². The molecule has 0 aliphatic carbocycles. The first-order valence-electron chi connectivity index (χ1n) is 1.34. The van der Waals surface area contributed by atoms with Crippen LogP contribution in [0.3, 0.4) is 0 Å². The van der Waals surface area contributed by atoms with Crippen molar-refractivity contribution in [3.05, 3.63) is 6.92 Å². The van der Waals surface area contributed by atoms with Gasteiger partial charge in [0, 0.05) is 6.61 Å². The van der Waals surface area contributed by atoms with Crippen LogP contribution in [0.1, 0.15) is 0 Å².